The van der Waals surface area contributed by atoms with Crippen LogP contribution in [0.4, 0.5) is 0 Å². The van der Waals surface area contributed by atoms with Crippen molar-refractivity contribution in [3.63, 3.8) is 0 Å². The topological polar surface area (TPSA) is 98.3 Å². The van der Waals surface area contributed by atoms with Gasteiger partial charge >= 0.3 is 26.4 Å². The molecule has 0 aliphatic heterocycles. The Morgan fingerprint density at radius 3 is 0.909 bits per heavy atom. The van der Waals surface area contributed by atoms with Crippen LogP contribution in [-0.4, -0.2) is 123 Å². The lowest BCUT2D eigenvalue weighted by molar-refractivity contribution is 0.0688. The fourth-order valence-corrected chi connectivity index (χ4v) is 13.2. The molecule has 0 saturated carbocycles. The first-order valence-electron chi connectivity index (χ1n) is 17.5. The Kier molecular flexibility index (Phi) is 28.4. The van der Waals surface area contributed by atoms with E-state index in [2.05, 4.69) is 10.2 Å². The summed E-state index contributed by atoms with van der Waals surface area (Å²) in [5.41, 5.74) is 0. The average molecular weight is 687 g/mol. The second-order valence-corrected chi connectivity index (χ2v) is 18.4. The third-order valence-electron chi connectivity index (χ3n) is 6.86. The van der Waals surface area contributed by atoms with Crippen molar-refractivity contribution in [2.45, 2.75) is 106 Å². The van der Waals surface area contributed by atoms with E-state index < -0.39 is 26.4 Å². The van der Waals surface area contributed by atoms with Crippen LogP contribution in [-0.2, 0) is 39.8 Å². The first kappa shape index (κ1) is 44.2. The van der Waals surface area contributed by atoms with Crippen molar-refractivity contribution in [3.8, 4) is 0 Å². The molecule has 0 unspecified atom stereocenters. The maximum absolute atomic E-state index is 6.10. The molecule has 0 amide bonds. The number of hydrogen-bond acceptors (Lipinski definition) is 11. The second kappa shape index (κ2) is 28.2. The van der Waals surface area contributed by atoms with Crippen LogP contribution in [0.2, 0.25) is 18.1 Å². The maximum atomic E-state index is 6.10. The number of nitrogens with one attached hydrogen (secondary N) is 1. The van der Waals surface area contributed by atoms with Gasteiger partial charge < -0.3 is 50.1 Å². The lowest BCUT2D eigenvalue weighted by Crippen LogP contribution is -2.47. The lowest BCUT2D eigenvalue weighted by atomic mass is 10.3. The lowest BCUT2D eigenvalue weighted by Gasteiger charge is -2.31. The van der Waals surface area contributed by atoms with Crippen LogP contribution in [0.15, 0.2) is 0 Å². The van der Waals surface area contributed by atoms with Gasteiger partial charge in [0, 0.05) is 77.6 Å². The van der Waals surface area contributed by atoms with Crippen LogP contribution in [0.25, 0.3) is 0 Å². The third kappa shape index (κ3) is 19.1. The summed E-state index contributed by atoms with van der Waals surface area (Å²) in [5.74, 6) is 0. The largest absolute Gasteiger partial charge is 0.500 e. The van der Waals surface area contributed by atoms with Gasteiger partial charge in [0.15, 0.2) is 0 Å². The Labute approximate surface area is 274 Å². The van der Waals surface area contributed by atoms with Crippen molar-refractivity contribution in [2.24, 2.45) is 0 Å². The van der Waals surface area contributed by atoms with Crippen molar-refractivity contribution in [1.82, 2.24) is 10.2 Å². The van der Waals surface area contributed by atoms with Gasteiger partial charge in [-0.15, -0.1) is 0 Å². The van der Waals surface area contributed by atoms with Gasteiger partial charge in [0.1, 0.15) is 0 Å². The maximum Gasteiger partial charge on any atom is 0.500 e. The van der Waals surface area contributed by atoms with Crippen molar-refractivity contribution < 1.29 is 39.8 Å². The summed E-state index contributed by atoms with van der Waals surface area (Å²) in [6.45, 7) is 28.3. The number of nitrogens with zero attached hydrogens (tertiary/aromatic N) is 1. The van der Waals surface area contributed by atoms with E-state index in [1.807, 2.05) is 62.3 Å². The van der Waals surface area contributed by atoms with Gasteiger partial charge in [-0.3, -0.25) is 0 Å². The molecular formula is C30H70N2O9Si3. The van der Waals surface area contributed by atoms with Crippen LogP contribution in [0.1, 0.15) is 88.0 Å². The zero-order chi connectivity index (χ0) is 33.0. The Hall–Kier alpha value is 0.211. The van der Waals surface area contributed by atoms with E-state index in [1.54, 1.807) is 0 Å². The molecule has 0 aliphatic rings. The quantitative estimate of drug-likeness (QED) is 0.0679. The molecule has 0 aromatic carbocycles. The molecule has 0 spiro atoms. The van der Waals surface area contributed by atoms with Crippen LogP contribution < -0.4 is 5.32 Å². The summed E-state index contributed by atoms with van der Waals surface area (Å²) in [4.78, 5) is 2.55. The van der Waals surface area contributed by atoms with E-state index in [0.29, 0.717) is 59.5 Å². The summed E-state index contributed by atoms with van der Waals surface area (Å²) in [6, 6.07) is 2.47. The van der Waals surface area contributed by atoms with E-state index in [9.17, 15) is 0 Å². The minimum atomic E-state index is -2.66. The van der Waals surface area contributed by atoms with Crippen molar-refractivity contribution in [1.29, 1.82) is 0 Å². The zero-order valence-corrected chi connectivity index (χ0v) is 33.0. The molecule has 0 atom stereocenters. The van der Waals surface area contributed by atoms with Crippen molar-refractivity contribution >= 4 is 26.4 Å². The Balaban J connectivity index is 5.14. The molecule has 0 aromatic rings. The van der Waals surface area contributed by atoms with Gasteiger partial charge in [0.05, 0.1) is 0 Å². The van der Waals surface area contributed by atoms with E-state index in [0.717, 1.165) is 76.5 Å². The van der Waals surface area contributed by atoms with Crippen LogP contribution >= 0.6 is 0 Å². The summed E-state index contributed by atoms with van der Waals surface area (Å²) in [5, 5.41) is 3.62. The molecule has 0 aromatic heterocycles. The van der Waals surface area contributed by atoms with Gasteiger partial charge in [0.25, 0.3) is 0 Å². The van der Waals surface area contributed by atoms with E-state index in [-0.39, 0.29) is 0 Å². The number of rotatable bonds is 34. The minimum absolute atomic E-state index is 0.601. The molecule has 0 fully saturated rings. The molecule has 11 nitrogen and oxygen atoms in total. The minimum Gasteiger partial charge on any atom is -0.374 e. The summed E-state index contributed by atoms with van der Waals surface area (Å²) in [7, 11) is -7.91. The molecule has 0 heterocycles. The fourth-order valence-electron chi connectivity index (χ4n) is 5.36. The molecule has 0 saturated heterocycles. The molecule has 0 rings (SSSR count). The highest BCUT2D eigenvalue weighted by Gasteiger charge is 2.41. The molecule has 1 N–H and O–H groups in total. The number of hydrogen-bond donors (Lipinski definition) is 1. The highest BCUT2D eigenvalue weighted by molar-refractivity contribution is 6.61. The molecule has 266 valence electrons. The summed E-state index contributed by atoms with van der Waals surface area (Å²) < 4.78 is 54.6. The molecule has 0 aliphatic carbocycles. The monoisotopic (exact) mass is 686 g/mol. The Bertz CT molecular complexity index is 562. The van der Waals surface area contributed by atoms with Gasteiger partial charge in [-0.1, -0.05) is 0 Å². The predicted molar refractivity (Wildman–Crippen MR) is 184 cm³/mol. The first-order valence-corrected chi connectivity index (χ1v) is 23.3. The van der Waals surface area contributed by atoms with Crippen LogP contribution in [0.5, 0.6) is 0 Å². The van der Waals surface area contributed by atoms with Crippen LogP contribution in [0, 0.1) is 0 Å². The van der Waals surface area contributed by atoms with Gasteiger partial charge in [0.2, 0.25) is 0 Å². The Morgan fingerprint density at radius 2 is 0.614 bits per heavy atom. The van der Waals surface area contributed by atoms with E-state index in [1.165, 1.54) is 0 Å². The normalized spacial score (nSPS) is 13.0. The smallest absolute Gasteiger partial charge is 0.374 e. The van der Waals surface area contributed by atoms with Gasteiger partial charge in [-0.05, 0) is 121 Å². The summed E-state index contributed by atoms with van der Waals surface area (Å²) in [6.07, 6.45) is 3.95. The van der Waals surface area contributed by atoms with Gasteiger partial charge in [-0.2, -0.15) is 0 Å². The molecule has 0 radical (unpaired) electrons. The fraction of sp³-hybridized carbons (Fsp3) is 1.00. The average Bonchev–Trinajstić information content (AvgIpc) is 2.97. The van der Waals surface area contributed by atoms with Crippen molar-refractivity contribution in [2.75, 3.05) is 92.2 Å². The zero-order valence-electron chi connectivity index (χ0n) is 30.0. The first-order chi connectivity index (χ1) is 21.3. The van der Waals surface area contributed by atoms with Gasteiger partial charge in [-0.25, -0.2) is 0 Å². The predicted octanol–water partition coefficient (Wildman–Crippen LogP) is 5.58. The molecule has 14 heteroatoms. The Morgan fingerprint density at radius 1 is 0.364 bits per heavy atom. The molecular weight excluding hydrogens is 617 g/mol. The highest BCUT2D eigenvalue weighted by atomic mass is 28.4. The standard InChI is InChI=1S/C30H70N2O9Si3/c1-10-33-42(34-11-2,35-12-3)28-20-24-31-23-19-25-32(26-21-29-43(36-13-4,37-14-5)38-15-6)27-22-30-44(39-16-7,40-17-8)41-18-9/h31H,10-30H2,1-9H3. The van der Waals surface area contributed by atoms with Crippen LogP contribution in [0.3, 0.4) is 0 Å². The molecule has 0 bridgehead atoms. The highest BCUT2D eigenvalue weighted by Crippen LogP contribution is 2.21. The SMILES string of the molecule is CCO[Si](CCCNCCCN(CCC[Si](OCC)(OCC)OCC)CCC[Si](OCC)(OCC)OCC)(OCC)OCC. The third-order valence-corrected chi connectivity index (χ3v) is 16.3. The van der Waals surface area contributed by atoms with E-state index in [4.69, 9.17) is 39.8 Å². The molecule has 44 heavy (non-hydrogen) atoms. The summed E-state index contributed by atoms with van der Waals surface area (Å²) >= 11 is 0. The second-order valence-electron chi connectivity index (χ2n) is 10.2. The van der Waals surface area contributed by atoms with E-state index >= 15 is 0 Å². The van der Waals surface area contributed by atoms with Crippen molar-refractivity contribution in [3.05, 3.63) is 0 Å².